The molecule has 12 heavy (non-hydrogen) atoms. The van der Waals surface area contributed by atoms with E-state index >= 15 is 0 Å². The fourth-order valence-corrected chi connectivity index (χ4v) is 1.21. The minimum Gasteiger partial charge on any atom is -0.0993 e. The van der Waals surface area contributed by atoms with Crippen molar-refractivity contribution in [2.24, 2.45) is 11.8 Å². The van der Waals surface area contributed by atoms with Crippen LogP contribution in [0.3, 0.4) is 0 Å². The monoisotopic (exact) mass is 166 g/mol. The summed E-state index contributed by atoms with van der Waals surface area (Å²) in [5, 5.41) is 0. The summed E-state index contributed by atoms with van der Waals surface area (Å²) in [7, 11) is 0. The Morgan fingerprint density at radius 3 is 2.42 bits per heavy atom. The molecule has 0 amide bonds. The molecule has 0 aromatic carbocycles. The van der Waals surface area contributed by atoms with Crippen LogP contribution in [0.4, 0.5) is 0 Å². The van der Waals surface area contributed by atoms with Crippen molar-refractivity contribution in [1.29, 1.82) is 0 Å². The summed E-state index contributed by atoms with van der Waals surface area (Å²) >= 11 is 0. The van der Waals surface area contributed by atoms with E-state index in [-0.39, 0.29) is 0 Å². The third-order valence-corrected chi connectivity index (χ3v) is 2.76. The zero-order valence-electron chi connectivity index (χ0n) is 8.93. The minimum atomic E-state index is 0.659. The van der Waals surface area contributed by atoms with E-state index in [1.54, 1.807) is 0 Å². The molecule has 2 unspecified atom stereocenters. The van der Waals surface area contributed by atoms with Gasteiger partial charge in [-0.25, -0.2) is 0 Å². The highest BCUT2D eigenvalue weighted by Gasteiger charge is 2.11. The number of rotatable bonds is 5. The summed E-state index contributed by atoms with van der Waals surface area (Å²) < 4.78 is 0. The normalized spacial score (nSPS) is 16.3. The van der Waals surface area contributed by atoms with Gasteiger partial charge in [-0.05, 0) is 25.2 Å². The van der Waals surface area contributed by atoms with Crippen molar-refractivity contribution in [3.05, 3.63) is 24.3 Å². The second-order valence-electron chi connectivity index (χ2n) is 3.61. The maximum Gasteiger partial charge on any atom is -0.0139 e. The molecule has 0 aliphatic rings. The Balaban J connectivity index is 3.92. The lowest BCUT2D eigenvalue weighted by atomic mass is 9.86. The van der Waals surface area contributed by atoms with Gasteiger partial charge in [-0.15, -0.1) is 0 Å². The fourth-order valence-electron chi connectivity index (χ4n) is 1.21. The maximum atomic E-state index is 4.11. The summed E-state index contributed by atoms with van der Waals surface area (Å²) in [5.41, 5.74) is 1.36. The van der Waals surface area contributed by atoms with E-state index in [1.165, 1.54) is 12.0 Å². The Morgan fingerprint density at radius 2 is 2.00 bits per heavy atom. The quantitative estimate of drug-likeness (QED) is 0.537. The molecular formula is C12H22. The third kappa shape index (κ3) is 3.75. The van der Waals surface area contributed by atoms with Gasteiger partial charge in [-0.1, -0.05) is 51.5 Å². The van der Waals surface area contributed by atoms with Crippen LogP contribution in [0.25, 0.3) is 0 Å². The van der Waals surface area contributed by atoms with Crippen LogP contribution in [0.1, 0.15) is 40.5 Å². The van der Waals surface area contributed by atoms with Gasteiger partial charge in [0.15, 0.2) is 0 Å². The van der Waals surface area contributed by atoms with E-state index in [9.17, 15) is 0 Å². The van der Waals surface area contributed by atoms with E-state index in [1.807, 2.05) is 0 Å². The second kappa shape index (κ2) is 6.05. The number of allylic oxidation sites excluding steroid dienone is 3. The van der Waals surface area contributed by atoms with E-state index in [0.29, 0.717) is 5.92 Å². The molecular weight excluding hydrogens is 144 g/mol. The average Bonchev–Trinajstić information content (AvgIpc) is 2.11. The van der Waals surface area contributed by atoms with E-state index in [4.69, 9.17) is 0 Å². The van der Waals surface area contributed by atoms with Gasteiger partial charge in [0.1, 0.15) is 0 Å². The summed E-state index contributed by atoms with van der Waals surface area (Å²) in [4.78, 5) is 0. The lowest BCUT2D eigenvalue weighted by molar-refractivity contribution is 0.423. The number of hydrogen-bond donors (Lipinski definition) is 0. The Morgan fingerprint density at radius 1 is 1.42 bits per heavy atom. The Labute approximate surface area is 77.4 Å². The first-order valence-electron chi connectivity index (χ1n) is 4.92. The molecule has 2 atom stereocenters. The van der Waals surface area contributed by atoms with Gasteiger partial charge in [0, 0.05) is 0 Å². The van der Waals surface area contributed by atoms with Crippen LogP contribution in [-0.4, -0.2) is 0 Å². The topological polar surface area (TPSA) is 0 Å². The Bertz CT molecular complexity index is 153. The molecule has 0 aromatic rings. The zero-order chi connectivity index (χ0) is 9.56. The minimum absolute atomic E-state index is 0.659. The molecule has 0 fully saturated rings. The first-order chi connectivity index (χ1) is 5.63. The molecule has 0 radical (unpaired) electrons. The Hall–Kier alpha value is -0.520. The molecule has 0 saturated heterocycles. The molecule has 0 spiro atoms. The van der Waals surface area contributed by atoms with E-state index in [2.05, 4.69) is 46.4 Å². The van der Waals surface area contributed by atoms with Crippen LogP contribution in [0.2, 0.25) is 0 Å². The van der Waals surface area contributed by atoms with Crippen LogP contribution in [-0.2, 0) is 0 Å². The summed E-state index contributed by atoms with van der Waals surface area (Å²) in [6, 6.07) is 0. The fraction of sp³-hybridized carbons (Fsp3) is 0.667. The average molecular weight is 166 g/mol. The molecule has 0 rings (SSSR count). The van der Waals surface area contributed by atoms with Gasteiger partial charge in [0.05, 0.1) is 0 Å². The first kappa shape index (κ1) is 11.5. The molecule has 0 bridgehead atoms. The van der Waals surface area contributed by atoms with Gasteiger partial charge < -0.3 is 0 Å². The molecule has 70 valence electrons. The lowest BCUT2D eigenvalue weighted by Gasteiger charge is -2.19. The predicted molar refractivity (Wildman–Crippen MR) is 57.2 cm³/mol. The second-order valence-corrected chi connectivity index (χ2v) is 3.61. The van der Waals surface area contributed by atoms with Crippen molar-refractivity contribution in [1.82, 2.24) is 0 Å². The highest BCUT2D eigenvalue weighted by molar-refractivity contribution is 5.06. The van der Waals surface area contributed by atoms with Crippen molar-refractivity contribution in [2.45, 2.75) is 40.5 Å². The molecule has 0 saturated carbocycles. The molecule has 0 aromatic heterocycles. The van der Waals surface area contributed by atoms with Gasteiger partial charge in [0.25, 0.3) is 0 Å². The molecule has 0 nitrogen and oxygen atoms in total. The molecule has 0 N–H and O–H groups in total. The standard InChI is InChI=1S/C12H22/c1-6-8-9-11(4)12(5)10(3)7-2/h6,8,10,12H,4,7,9H2,1-3,5H3. The van der Waals surface area contributed by atoms with Crippen molar-refractivity contribution in [3.8, 4) is 0 Å². The SMILES string of the molecule is C=C(CC=CC)C(C)C(C)CC. The summed E-state index contributed by atoms with van der Waals surface area (Å²) in [6.07, 6.45) is 6.56. The van der Waals surface area contributed by atoms with Crippen molar-refractivity contribution >= 4 is 0 Å². The summed E-state index contributed by atoms with van der Waals surface area (Å²) in [5.74, 6) is 1.42. The highest BCUT2D eigenvalue weighted by Crippen LogP contribution is 2.23. The summed E-state index contributed by atoms with van der Waals surface area (Å²) in [6.45, 7) is 13.0. The predicted octanol–water partition coefficient (Wildman–Crippen LogP) is 4.19. The van der Waals surface area contributed by atoms with Gasteiger partial charge in [-0.2, -0.15) is 0 Å². The molecule has 0 aliphatic carbocycles. The first-order valence-corrected chi connectivity index (χ1v) is 4.92. The molecule has 0 aliphatic heterocycles. The molecule has 0 heteroatoms. The van der Waals surface area contributed by atoms with Gasteiger partial charge >= 0.3 is 0 Å². The van der Waals surface area contributed by atoms with Crippen molar-refractivity contribution in [3.63, 3.8) is 0 Å². The van der Waals surface area contributed by atoms with E-state index < -0.39 is 0 Å². The number of hydrogen-bond acceptors (Lipinski definition) is 0. The van der Waals surface area contributed by atoms with Crippen LogP contribution in [0, 0.1) is 11.8 Å². The third-order valence-electron chi connectivity index (χ3n) is 2.76. The van der Waals surface area contributed by atoms with Gasteiger partial charge in [0.2, 0.25) is 0 Å². The van der Waals surface area contributed by atoms with Crippen LogP contribution >= 0.6 is 0 Å². The smallest absolute Gasteiger partial charge is 0.0139 e. The van der Waals surface area contributed by atoms with Crippen LogP contribution < -0.4 is 0 Å². The van der Waals surface area contributed by atoms with Crippen molar-refractivity contribution < 1.29 is 0 Å². The Kier molecular flexibility index (Phi) is 5.79. The zero-order valence-corrected chi connectivity index (χ0v) is 8.93. The largest absolute Gasteiger partial charge is 0.0993 e. The van der Waals surface area contributed by atoms with Gasteiger partial charge in [-0.3, -0.25) is 0 Å². The maximum absolute atomic E-state index is 4.11. The van der Waals surface area contributed by atoms with E-state index in [0.717, 1.165) is 12.3 Å². The molecule has 0 heterocycles. The van der Waals surface area contributed by atoms with Crippen LogP contribution in [0.5, 0.6) is 0 Å². The van der Waals surface area contributed by atoms with Crippen LogP contribution in [0.15, 0.2) is 24.3 Å². The highest BCUT2D eigenvalue weighted by atomic mass is 14.2. The van der Waals surface area contributed by atoms with Crippen molar-refractivity contribution in [2.75, 3.05) is 0 Å². The lowest BCUT2D eigenvalue weighted by Crippen LogP contribution is -2.08.